The van der Waals surface area contributed by atoms with Crippen molar-refractivity contribution in [2.24, 2.45) is 4.99 Å². The summed E-state index contributed by atoms with van der Waals surface area (Å²) < 4.78 is 0. The molecule has 1 saturated heterocycles. The van der Waals surface area contributed by atoms with Crippen molar-refractivity contribution >= 4 is 5.90 Å². The zero-order valence-electron chi connectivity index (χ0n) is 9.80. The highest BCUT2D eigenvalue weighted by molar-refractivity contribution is 5.75. The average molecular weight is 197 g/mol. The van der Waals surface area contributed by atoms with Crippen LogP contribution in [-0.2, 0) is 4.84 Å². The van der Waals surface area contributed by atoms with Crippen molar-refractivity contribution in [3.8, 4) is 0 Å². The predicted molar refractivity (Wildman–Crippen MR) is 55.7 cm³/mol. The van der Waals surface area contributed by atoms with Crippen molar-refractivity contribution in [2.75, 3.05) is 0 Å². The molecule has 4 heteroatoms. The van der Waals surface area contributed by atoms with Gasteiger partial charge >= 0.3 is 0 Å². The molecule has 0 aromatic rings. The standard InChI is InChI=1S/C10H19N3O/c1-7-11-10(6)12-8(2,3)9(4,5)13(10)14-7/h12H,1-6H3. The molecule has 0 radical (unpaired) electrons. The van der Waals surface area contributed by atoms with E-state index in [2.05, 4.69) is 38.0 Å². The Morgan fingerprint density at radius 2 is 1.79 bits per heavy atom. The molecule has 14 heavy (non-hydrogen) atoms. The van der Waals surface area contributed by atoms with E-state index in [1.54, 1.807) is 0 Å². The summed E-state index contributed by atoms with van der Waals surface area (Å²) in [4.78, 5) is 10.1. The van der Waals surface area contributed by atoms with Crippen LogP contribution in [0.25, 0.3) is 0 Å². The molecule has 2 aliphatic heterocycles. The van der Waals surface area contributed by atoms with E-state index in [9.17, 15) is 0 Å². The van der Waals surface area contributed by atoms with E-state index < -0.39 is 5.79 Å². The zero-order chi connectivity index (χ0) is 10.8. The molecule has 2 rings (SSSR count). The van der Waals surface area contributed by atoms with Gasteiger partial charge in [0, 0.05) is 12.5 Å². The molecule has 1 fully saturated rings. The highest BCUT2D eigenvalue weighted by Crippen LogP contribution is 2.44. The molecule has 2 aliphatic rings. The van der Waals surface area contributed by atoms with Crippen molar-refractivity contribution < 1.29 is 4.84 Å². The van der Waals surface area contributed by atoms with Crippen LogP contribution in [0.4, 0.5) is 0 Å². The maximum absolute atomic E-state index is 5.66. The van der Waals surface area contributed by atoms with Gasteiger partial charge in [-0.1, -0.05) is 5.06 Å². The Bertz CT molecular complexity index is 308. The summed E-state index contributed by atoms with van der Waals surface area (Å²) in [5.41, 5.74) is -0.102. The fraction of sp³-hybridized carbons (Fsp3) is 0.900. The van der Waals surface area contributed by atoms with E-state index in [0.717, 1.165) is 5.90 Å². The molecular formula is C10H19N3O. The van der Waals surface area contributed by atoms with Crippen LogP contribution in [-0.4, -0.2) is 27.8 Å². The third-order valence-electron chi connectivity index (χ3n) is 3.58. The maximum atomic E-state index is 5.66. The van der Waals surface area contributed by atoms with Crippen molar-refractivity contribution in [1.29, 1.82) is 0 Å². The molecule has 0 saturated carbocycles. The minimum absolute atomic E-state index is 0.0219. The summed E-state index contributed by atoms with van der Waals surface area (Å²) in [6.07, 6.45) is 0. The van der Waals surface area contributed by atoms with Gasteiger partial charge in [0.05, 0.1) is 5.54 Å². The summed E-state index contributed by atoms with van der Waals surface area (Å²) in [5, 5.41) is 5.46. The highest BCUT2D eigenvalue weighted by atomic mass is 16.7. The number of rotatable bonds is 0. The van der Waals surface area contributed by atoms with Crippen molar-refractivity contribution in [1.82, 2.24) is 10.4 Å². The third-order valence-corrected chi connectivity index (χ3v) is 3.58. The van der Waals surface area contributed by atoms with Crippen LogP contribution in [0.3, 0.4) is 0 Å². The van der Waals surface area contributed by atoms with Crippen LogP contribution in [0.2, 0.25) is 0 Å². The smallest absolute Gasteiger partial charge is 0.209 e. The first-order valence-electron chi connectivity index (χ1n) is 5.03. The van der Waals surface area contributed by atoms with E-state index in [1.165, 1.54) is 0 Å². The Kier molecular flexibility index (Phi) is 1.64. The van der Waals surface area contributed by atoms with E-state index in [-0.39, 0.29) is 11.1 Å². The van der Waals surface area contributed by atoms with Crippen molar-refractivity contribution in [3.63, 3.8) is 0 Å². The van der Waals surface area contributed by atoms with Gasteiger partial charge in [0.15, 0.2) is 0 Å². The van der Waals surface area contributed by atoms with Crippen LogP contribution in [0.15, 0.2) is 4.99 Å². The second-order valence-corrected chi connectivity index (χ2v) is 5.35. The minimum Gasteiger partial charge on any atom is -0.387 e. The molecule has 80 valence electrons. The summed E-state index contributed by atoms with van der Waals surface area (Å²) in [5.74, 6) is 0.320. The Labute approximate surface area is 85.3 Å². The summed E-state index contributed by atoms with van der Waals surface area (Å²) in [6.45, 7) is 12.6. The Morgan fingerprint density at radius 1 is 1.21 bits per heavy atom. The van der Waals surface area contributed by atoms with Crippen molar-refractivity contribution in [3.05, 3.63) is 0 Å². The number of nitrogens with one attached hydrogen (secondary N) is 1. The number of fused-ring (bicyclic) bond motifs is 1. The minimum atomic E-state index is -0.406. The summed E-state index contributed by atoms with van der Waals surface area (Å²) in [6, 6.07) is 0. The maximum Gasteiger partial charge on any atom is 0.209 e. The van der Waals surface area contributed by atoms with Crippen LogP contribution in [0, 0.1) is 0 Å². The van der Waals surface area contributed by atoms with Crippen LogP contribution >= 0.6 is 0 Å². The monoisotopic (exact) mass is 197 g/mol. The van der Waals surface area contributed by atoms with Gasteiger partial charge in [-0.3, -0.25) is 5.32 Å². The Hall–Kier alpha value is -0.610. The molecule has 0 bridgehead atoms. The van der Waals surface area contributed by atoms with Gasteiger partial charge in [-0.25, -0.2) is 4.99 Å². The largest absolute Gasteiger partial charge is 0.387 e. The molecule has 0 amide bonds. The number of hydrogen-bond acceptors (Lipinski definition) is 4. The van der Waals surface area contributed by atoms with E-state index in [1.807, 2.05) is 18.9 Å². The van der Waals surface area contributed by atoms with Gasteiger partial charge in [0.1, 0.15) is 0 Å². The van der Waals surface area contributed by atoms with Gasteiger partial charge in [-0.05, 0) is 34.6 Å². The molecule has 4 nitrogen and oxygen atoms in total. The Balaban J connectivity index is 2.44. The highest BCUT2D eigenvalue weighted by Gasteiger charge is 2.62. The lowest BCUT2D eigenvalue weighted by atomic mass is 9.84. The predicted octanol–water partition coefficient (Wildman–Crippen LogP) is 1.49. The van der Waals surface area contributed by atoms with Gasteiger partial charge in [0.2, 0.25) is 11.7 Å². The second kappa shape index (κ2) is 2.31. The van der Waals surface area contributed by atoms with Gasteiger partial charge in [0.25, 0.3) is 0 Å². The topological polar surface area (TPSA) is 36.9 Å². The van der Waals surface area contributed by atoms with E-state index in [0.29, 0.717) is 0 Å². The number of nitrogens with zero attached hydrogens (tertiary/aromatic N) is 2. The quantitative estimate of drug-likeness (QED) is 0.639. The first-order valence-corrected chi connectivity index (χ1v) is 5.03. The molecule has 2 heterocycles. The SMILES string of the molecule is CC1=NC2(C)NC(C)(C)C(C)(C)N2O1. The van der Waals surface area contributed by atoms with Crippen LogP contribution < -0.4 is 5.32 Å². The molecule has 0 aliphatic carbocycles. The van der Waals surface area contributed by atoms with E-state index >= 15 is 0 Å². The number of hydroxylamine groups is 2. The average Bonchev–Trinajstić information content (AvgIpc) is 2.28. The first-order chi connectivity index (χ1) is 6.19. The first kappa shape index (κ1) is 9.93. The lowest BCUT2D eigenvalue weighted by Crippen LogP contribution is -2.53. The molecule has 1 N–H and O–H groups in total. The third kappa shape index (κ3) is 0.982. The lowest BCUT2D eigenvalue weighted by molar-refractivity contribution is -0.165. The molecule has 1 atom stereocenters. The van der Waals surface area contributed by atoms with Crippen molar-refractivity contribution in [2.45, 2.75) is 58.4 Å². The number of hydrogen-bond donors (Lipinski definition) is 1. The molecular weight excluding hydrogens is 178 g/mol. The zero-order valence-corrected chi connectivity index (χ0v) is 9.80. The fourth-order valence-corrected chi connectivity index (χ4v) is 2.33. The fourth-order valence-electron chi connectivity index (χ4n) is 2.33. The molecule has 0 spiro atoms. The second-order valence-electron chi connectivity index (χ2n) is 5.35. The van der Waals surface area contributed by atoms with Gasteiger partial charge < -0.3 is 4.84 Å². The normalized spacial score (nSPS) is 39.1. The molecule has 1 unspecified atom stereocenters. The molecule has 0 aromatic heterocycles. The van der Waals surface area contributed by atoms with E-state index in [4.69, 9.17) is 4.84 Å². The number of aliphatic imine (C=N–C) groups is 1. The molecule has 0 aromatic carbocycles. The van der Waals surface area contributed by atoms with Crippen LogP contribution in [0.1, 0.15) is 41.5 Å². The lowest BCUT2D eigenvalue weighted by Gasteiger charge is -2.37. The van der Waals surface area contributed by atoms with Gasteiger partial charge in [-0.2, -0.15) is 0 Å². The summed E-state index contributed by atoms with van der Waals surface area (Å²) in [7, 11) is 0. The van der Waals surface area contributed by atoms with Crippen LogP contribution in [0.5, 0.6) is 0 Å². The summed E-state index contributed by atoms with van der Waals surface area (Å²) >= 11 is 0. The Morgan fingerprint density at radius 3 is 2.29 bits per heavy atom. The van der Waals surface area contributed by atoms with Gasteiger partial charge in [-0.15, -0.1) is 0 Å².